The van der Waals surface area contributed by atoms with Crippen LogP contribution in [0.4, 0.5) is 0 Å². The van der Waals surface area contributed by atoms with Gasteiger partial charge in [0.2, 0.25) is 0 Å². The van der Waals surface area contributed by atoms with Crippen molar-refractivity contribution in [2.24, 2.45) is 11.8 Å². The van der Waals surface area contributed by atoms with E-state index in [0.717, 1.165) is 5.92 Å². The van der Waals surface area contributed by atoms with E-state index in [-0.39, 0.29) is 0 Å². The smallest absolute Gasteiger partial charge is 0.0468 e. The number of benzene rings is 1. The topological polar surface area (TPSA) is 20.2 Å². The van der Waals surface area contributed by atoms with Crippen molar-refractivity contribution in [3.05, 3.63) is 34.3 Å². The van der Waals surface area contributed by atoms with Crippen molar-refractivity contribution in [3.8, 4) is 0 Å². The molecule has 2 atom stereocenters. The number of halogens is 1. The fraction of sp³-hybridized carbons (Fsp3) is 0.571. The average molecular weight is 281 g/mol. The standard InChI is InChI=1S/C14H17BrO/c15-13-7-2-1-6-12(13)14(8-11(14)9-16)10-4-3-5-10/h1-2,6-7,10-11,16H,3-5,8-9H2. The van der Waals surface area contributed by atoms with Crippen LogP contribution in [0.1, 0.15) is 31.2 Å². The summed E-state index contributed by atoms with van der Waals surface area (Å²) in [6.45, 7) is 0.345. The normalized spacial score (nSPS) is 33.5. The first-order chi connectivity index (χ1) is 7.79. The van der Waals surface area contributed by atoms with E-state index < -0.39 is 0 Å². The van der Waals surface area contributed by atoms with Crippen molar-refractivity contribution < 1.29 is 5.11 Å². The highest BCUT2D eigenvalue weighted by Crippen LogP contribution is 2.64. The minimum atomic E-state index is 0.299. The summed E-state index contributed by atoms with van der Waals surface area (Å²) in [5.74, 6) is 1.31. The highest BCUT2D eigenvalue weighted by molar-refractivity contribution is 9.10. The van der Waals surface area contributed by atoms with Crippen molar-refractivity contribution in [2.75, 3.05) is 6.61 Å². The van der Waals surface area contributed by atoms with Crippen LogP contribution >= 0.6 is 15.9 Å². The molecule has 3 rings (SSSR count). The zero-order chi connectivity index (χ0) is 11.2. The Morgan fingerprint density at radius 3 is 2.56 bits per heavy atom. The maximum absolute atomic E-state index is 9.45. The molecule has 1 N–H and O–H groups in total. The van der Waals surface area contributed by atoms with Crippen LogP contribution in [0.15, 0.2) is 28.7 Å². The molecule has 2 saturated carbocycles. The van der Waals surface area contributed by atoms with Crippen LogP contribution in [0.25, 0.3) is 0 Å². The molecule has 0 bridgehead atoms. The van der Waals surface area contributed by atoms with Crippen molar-refractivity contribution in [1.29, 1.82) is 0 Å². The van der Waals surface area contributed by atoms with Crippen LogP contribution in [-0.2, 0) is 5.41 Å². The molecule has 2 aliphatic carbocycles. The molecule has 0 spiro atoms. The Balaban J connectivity index is 1.98. The lowest BCUT2D eigenvalue weighted by Crippen LogP contribution is -2.29. The summed E-state index contributed by atoms with van der Waals surface area (Å²) in [5.41, 5.74) is 1.73. The van der Waals surface area contributed by atoms with E-state index in [4.69, 9.17) is 0 Å². The number of aliphatic hydroxyl groups is 1. The second-order valence-electron chi connectivity index (χ2n) is 5.23. The van der Waals surface area contributed by atoms with E-state index in [9.17, 15) is 5.11 Å². The highest BCUT2D eigenvalue weighted by Gasteiger charge is 2.60. The molecule has 1 aromatic carbocycles. The predicted octanol–water partition coefficient (Wildman–Crippen LogP) is 3.50. The van der Waals surface area contributed by atoms with Gasteiger partial charge in [0.25, 0.3) is 0 Å². The zero-order valence-electron chi connectivity index (χ0n) is 9.32. The summed E-state index contributed by atoms with van der Waals surface area (Å²) in [6.07, 6.45) is 5.24. The van der Waals surface area contributed by atoms with Crippen molar-refractivity contribution in [3.63, 3.8) is 0 Å². The van der Waals surface area contributed by atoms with Crippen molar-refractivity contribution in [2.45, 2.75) is 31.1 Å². The van der Waals surface area contributed by atoms with Gasteiger partial charge in [-0.2, -0.15) is 0 Å². The molecule has 2 heteroatoms. The second kappa shape index (κ2) is 3.85. The van der Waals surface area contributed by atoms with Crippen LogP contribution < -0.4 is 0 Å². The first-order valence-corrected chi connectivity index (χ1v) is 6.94. The summed E-state index contributed by atoms with van der Waals surface area (Å²) in [4.78, 5) is 0. The third-order valence-corrected chi connectivity index (χ3v) is 5.27. The number of hydrogen-bond donors (Lipinski definition) is 1. The van der Waals surface area contributed by atoms with Gasteiger partial charge in [-0.15, -0.1) is 0 Å². The molecular formula is C14H17BrO. The molecule has 0 saturated heterocycles. The van der Waals surface area contributed by atoms with Gasteiger partial charge in [-0.3, -0.25) is 0 Å². The van der Waals surface area contributed by atoms with E-state index >= 15 is 0 Å². The lowest BCUT2D eigenvalue weighted by atomic mass is 9.69. The minimum absolute atomic E-state index is 0.299. The Labute approximate surface area is 105 Å². The minimum Gasteiger partial charge on any atom is -0.396 e. The van der Waals surface area contributed by atoms with E-state index in [1.54, 1.807) is 0 Å². The third kappa shape index (κ3) is 1.39. The van der Waals surface area contributed by atoms with Gasteiger partial charge < -0.3 is 5.11 Å². The summed E-state index contributed by atoms with van der Waals surface area (Å²) in [5, 5.41) is 9.45. The molecule has 0 amide bonds. The van der Waals surface area contributed by atoms with Gasteiger partial charge >= 0.3 is 0 Å². The Kier molecular flexibility index (Phi) is 2.60. The van der Waals surface area contributed by atoms with Crippen molar-refractivity contribution >= 4 is 15.9 Å². The van der Waals surface area contributed by atoms with Gasteiger partial charge in [-0.05, 0) is 42.7 Å². The number of aliphatic hydroxyl groups excluding tert-OH is 1. The maximum Gasteiger partial charge on any atom is 0.0468 e. The Hall–Kier alpha value is -0.340. The maximum atomic E-state index is 9.45. The van der Waals surface area contributed by atoms with Gasteiger partial charge in [0, 0.05) is 16.5 Å². The van der Waals surface area contributed by atoms with E-state index in [1.807, 2.05) is 0 Å². The largest absolute Gasteiger partial charge is 0.396 e. The fourth-order valence-corrected chi connectivity index (χ4v) is 4.04. The van der Waals surface area contributed by atoms with Crippen LogP contribution in [0.5, 0.6) is 0 Å². The molecule has 1 nitrogen and oxygen atoms in total. The monoisotopic (exact) mass is 280 g/mol. The van der Waals surface area contributed by atoms with E-state index in [1.165, 1.54) is 35.7 Å². The Morgan fingerprint density at radius 1 is 1.31 bits per heavy atom. The van der Waals surface area contributed by atoms with Crippen molar-refractivity contribution in [1.82, 2.24) is 0 Å². The molecule has 0 aromatic heterocycles. The number of rotatable bonds is 3. The van der Waals surface area contributed by atoms with Gasteiger partial charge in [0.05, 0.1) is 0 Å². The van der Waals surface area contributed by atoms with Gasteiger partial charge in [-0.1, -0.05) is 40.5 Å². The molecule has 1 aromatic rings. The van der Waals surface area contributed by atoms with Crippen LogP contribution in [0.2, 0.25) is 0 Å². The molecular weight excluding hydrogens is 264 g/mol. The zero-order valence-corrected chi connectivity index (χ0v) is 10.9. The Morgan fingerprint density at radius 2 is 2.06 bits per heavy atom. The van der Waals surface area contributed by atoms with Crippen LogP contribution in [0.3, 0.4) is 0 Å². The van der Waals surface area contributed by atoms with Gasteiger partial charge in [0.1, 0.15) is 0 Å². The molecule has 2 unspecified atom stereocenters. The highest BCUT2D eigenvalue weighted by atomic mass is 79.9. The lowest BCUT2D eigenvalue weighted by Gasteiger charge is -2.36. The summed E-state index contributed by atoms with van der Waals surface area (Å²) in [7, 11) is 0. The molecule has 16 heavy (non-hydrogen) atoms. The molecule has 86 valence electrons. The Bertz CT molecular complexity index is 399. The molecule has 0 radical (unpaired) electrons. The molecule has 0 heterocycles. The molecule has 0 aliphatic heterocycles. The quantitative estimate of drug-likeness (QED) is 0.899. The summed E-state index contributed by atoms with van der Waals surface area (Å²) < 4.78 is 1.22. The predicted molar refractivity (Wildman–Crippen MR) is 68.4 cm³/mol. The molecule has 2 aliphatic rings. The second-order valence-corrected chi connectivity index (χ2v) is 6.09. The molecule has 2 fully saturated rings. The van der Waals surface area contributed by atoms with Crippen LogP contribution in [0, 0.1) is 11.8 Å². The first kappa shape index (κ1) is 10.8. The van der Waals surface area contributed by atoms with Gasteiger partial charge in [-0.25, -0.2) is 0 Å². The average Bonchev–Trinajstić information content (AvgIpc) is 2.91. The van der Waals surface area contributed by atoms with Gasteiger partial charge in [0.15, 0.2) is 0 Å². The number of hydrogen-bond acceptors (Lipinski definition) is 1. The van der Waals surface area contributed by atoms with E-state index in [2.05, 4.69) is 40.2 Å². The lowest BCUT2D eigenvalue weighted by molar-refractivity contribution is 0.196. The summed E-state index contributed by atoms with van der Waals surface area (Å²) in [6, 6.07) is 8.55. The first-order valence-electron chi connectivity index (χ1n) is 6.15. The SMILES string of the molecule is OCC1CC1(c1ccccc1Br)C1CCC1. The van der Waals surface area contributed by atoms with E-state index in [0.29, 0.717) is 17.9 Å². The fourth-order valence-electron chi connectivity index (χ4n) is 3.39. The third-order valence-electron chi connectivity index (χ3n) is 4.58. The van der Waals surface area contributed by atoms with Crippen LogP contribution in [-0.4, -0.2) is 11.7 Å². The summed E-state index contributed by atoms with van der Waals surface area (Å²) >= 11 is 3.67.